The summed E-state index contributed by atoms with van der Waals surface area (Å²) in [5.74, 6) is 0.878. The first-order valence-corrected chi connectivity index (χ1v) is 6.48. The third-order valence-electron chi connectivity index (χ3n) is 2.63. The number of benzene rings is 1. The standard InChI is InChI=1S/C14H16O2S/c1-10-8-12(11(2)15)5-6-14(10)16-9-13-4-3-7-17-13/h3-8,11,15H,9H2,1-2H3. The van der Waals surface area contributed by atoms with Gasteiger partial charge < -0.3 is 9.84 Å². The number of rotatable bonds is 4. The second kappa shape index (κ2) is 5.34. The molecule has 1 unspecified atom stereocenters. The Kier molecular flexibility index (Phi) is 3.82. The van der Waals surface area contributed by atoms with E-state index < -0.39 is 6.10 Å². The molecule has 2 aromatic rings. The van der Waals surface area contributed by atoms with Crippen LogP contribution in [0.5, 0.6) is 5.75 Å². The van der Waals surface area contributed by atoms with Gasteiger partial charge in [-0.15, -0.1) is 11.3 Å². The van der Waals surface area contributed by atoms with Gasteiger partial charge in [0.05, 0.1) is 6.10 Å². The molecule has 0 aliphatic carbocycles. The van der Waals surface area contributed by atoms with Crippen molar-refractivity contribution in [3.05, 3.63) is 51.7 Å². The van der Waals surface area contributed by atoms with Gasteiger partial charge in [0.15, 0.2) is 0 Å². The first-order chi connectivity index (χ1) is 8.16. The molecule has 17 heavy (non-hydrogen) atoms. The summed E-state index contributed by atoms with van der Waals surface area (Å²) in [7, 11) is 0. The molecule has 0 bridgehead atoms. The molecule has 2 nitrogen and oxygen atoms in total. The van der Waals surface area contributed by atoms with Crippen molar-refractivity contribution in [3.63, 3.8) is 0 Å². The molecular formula is C14H16O2S. The molecule has 2 rings (SSSR count). The molecule has 1 heterocycles. The Morgan fingerprint density at radius 3 is 2.76 bits per heavy atom. The van der Waals surface area contributed by atoms with Crippen LogP contribution < -0.4 is 4.74 Å². The van der Waals surface area contributed by atoms with E-state index in [-0.39, 0.29) is 0 Å². The smallest absolute Gasteiger partial charge is 0.122 e. The fourth-order valence-corrected chi connectivity index (χ4v) is 2.25. The van der Waals surface area contributed by atoms with E-state index in [9.17, 15) is 5.11 Å². The van der Waals surface area contributed by atoms with Crippen molar-refractivity contribution in [2.45, 2.75) is 26.6 Å². The summed E-state index contributed by atoms with van der Waals surface area (Å²) in [5.41, 5.74) is 1.98. The van der Waals surface area contributed by atoms with E-state index in [1.165, 1.54) is 4.88 Å². The minimum Gasteiger partial charge on any atom is -0.488 e. The van der Waals surface area contributed by atoms with E-state index in [0.717, 1.165) is 16.9 Å². The zero-order valence-electron chi connectivity index (χ0n) is 10.0. The predicted octanol–water partition coefficient (Wildman–Crippen LogP) is 3.69. The molecule has 1 aromatic heterocycles. The molecule has 1 aromatic carbocycles. The van der Waals surface area contributed by atoms with Crippen molar-refractivity contribution in [3.8, 4) is 5.75 Å². The van der Waals surface area contributed by atoms with Gasteiger partial charge in [-0.1, -0.05) is 12.1 Å². The van der Waals surface area contributed by atoms with Crippen LogP contribution in [0.25, 0.3) is 0 Å². The molecule has 0 saturated carbocycles. The average Bonchev–Trinajstić information content (AvgIpc) is 2.80. The maximum absolute atomic E-state index is 9.48. The van der Waals surface area contributed by atoms with Crippen LogP contribution in [-0.2, 0) is 6.61 Å². The minimum atomic E-state index is -0.431. The van der Waals surface area contributed by atoms with Crippen LogP contribution in [0.4, 0.5) is 0 Å². The van der Waals surface area contributed by atoms with Crippen molar-refractivity contribution in [2.24, 2.45) is 0 Å². The highest BCUT2D eigenvalue weighted by Gasteiger charge is 2.05. The summed E-state index contributed by atoms with van der Waals surface area (Å²) < 4.78 is 5.74. The molecule has 0 spiro atoms. The fourth-order valence-electron chi connectivity index (χ4n) is 1.64. The number of aliphatic hydroxyl groups is 1. The first kappa shape index (κ1) is 12.1. The molecule has 90 valence electrons. The van der Waals surface area contributed by atoms with Gasteiger partial charge in [-0.05, 0) is 48.6 Å². The van der Waals surface area contributed by atoms with Crippen molar-refractivity contribution in [1.29, 1.82) is 0 Å². The molecule has 0 saturated heterocycles. The second-order valence-electron chi connectivity index (χ2n) is 4.07. The van der Waals surface area contributed by atoms with E-state index in [2.05, 4.69) is 6.07 Å². The number of aliphatic hydroxyl groups excluding tert-OH is 1. The Labute approximate surface area is 105 Å². The monoisotopic (exact) mass is 248 g/mol. The van der Waals surface area contributed by atoms with Crippen molar-refractivity contribution >= 4 is 11.3 Å². The Balaban J connectivity index is 2.06. The molecule has 0 fully saturated rings. The van der Waals surface area contributed by atoms with E-state index in [1.54, 1.807) is 18.3 Å². The van der Waals surface area contributed by atoms with E-state index in [1.807, 2.05) is 36.6 Å². The number of ether oxygens (including phenoxy) is 1. The number of aryl methyl sites for hydroxylation is 1. The van der Waals surface area contributed by atoms with Gasteiger partial charge in [-0.3, -0.25) is 0 Å². The zero-order chi connectivity index (χ0) is 12.3. The quantitative estimate of drug-likeness (QED) is 0.894. The Morgan fingerprint density at radius 1 is 1.35 bits per heavy atom. The van der Waals surface area contributed by atoms with Crippen LogP contribution >= 0.6 is 11.3 Å². The maximum atomic E-state index is 9.48. The second-order valence-corrected chi connectivity index (χ2v) is 5.10. The lowest BCUT2D eigenvalue weighted by Crippen LogP contribution is -1.97. The summed E-state index contributed by atoms with van der Waals surface area (Å²) in [5, 5.41) is 11.5. The van der Waals surface area contributed by atoms with Crippen molar-refractivity contribution in [1.82, 2.24) is 0 Å². The normalized spacial score (nSPS) is 12.4. The first-order valence-electron chi connectivity index (χ1n) is 5.60. The Hall–Kier alpha value is -1.32. The highest BCUT2D eigenvalue weighted by atomic mass is 32.1. The summed E-state index contributed by atoms with van der Waals surface area (Å²) in [6.45, 7) is 4.36. The van der Waals surface area contributed by atoms with Crippen LogP contribution in [-0.4, -0.2) is 5.11 Å². The van der Waals surface area contributed by atoms with Gasteiger partial charge in [0.2, 0.25) is 0 Å². The van der Waals surface area contributed by atoms with Crippen LogP contribution in [0.1, 0.15) is 29.0 Å². The van der Waals surface area contributed by atoms with Gasteiger partial charge in [-0.25, -0.2) is 0 Å². The van der Waals surface area contributed by atoms with Crippen LogP contribution in [0.3, 0.4) is 0 Å². The molecule has 3 heteroatoms. The fraction of sp³-hybridized carbons (Fsp3) is 0.286. The molecule has 0 radical (unpaired) electrons. The third-order valence-corrected chi connectivity index (χ3v) is 3.48. The molecule has 1 atom stereocenters. The van der Waals surface area contributed by atoms with Gasteiger partial charge in [-0.2, -0.15) is 0 Å². The highest BCUT2D eigenvalue weighted by Crippen LogP contribution is 2.24. The van der Waals surface area contributed by atoms with Crippen LogP contribution in [0, 0.1) is 6.92 Å². The lowest BCUT2D eigenvalue weighted by Gasteiger charge is -2.11. The van der Waals surface area contributed by atoms with Gasteiger partial charge in [0.1, 0.15) is 12.4 Å². The predicted molar refractivity (Wildman–Crippen MR) is 70.5 cm³/mol. The summed E-state index contributed by atoms with van der Waals surface area (Å²) >= 11 is 1.69. The third kappa shape index (κ3) is 3.08. The average molecular weight is 248 g/mol. The Bertz CT molecular complexity index is 475. The van der Waals surface area contributed by atoms with E-state index in [0.29, 0.717) is 6.61 Å². The van der Waals surface area contributed by atoms with Crippen molar-refractivity contribution < 1.29 is 9.84 Å². The molecule has 0 aliphatic heterocycles. The number of thiophene rings is 1. The lowest BCUT2D eigenvalue weighted by atomic mass is 10.1. The van der Waals surface area contributed by atoms with E-state index in [4.69, 9.17) is 4.74 Å². The lowest BCUT2D eigenvalue weighted by molar-refractivity contribution is 0.199. The molecule has 0 amide bonds. The largest absolute Gasteiger partial charge is 0.488 e. The minimum absolute atomic E-state index is 0.431. The van der Waals surface area contributed by atoms with Crippen LogP contribution in [0.15, 0.2) is 35.7 Å². The molecule has 1 N–H and O–H groups in total. The summed E-state index contributed by atoms with van der Waals surface area (Å²) in [6.07, 6.45) is -0.431. The van der Waals surface area contributed by atoms with E-state index >= 15 is 0 Å². The van der Waals surface area contributed by atoms with Gasteiger partial charge in [0.25, 0.3) is 0 Å². The zero-order valence-corrected chi connectivity index (χ0v) is 10.8. The molecule has 0 aliphatic rings. The number of hydrogen-bond donors (Lipinski definition) is 1. The maximum Gasteiger partial charge on any atom is 0.122 e. The number of hydrogen-bond acceptors (Lipinski definition) is 3. The van der Waals surface area contributed by atoms with Gasteiger partial charge in [0, 0.05) is 4.88 Å². The topological polar surface area (TPSA) is 29.5 Å². The van der Waals surface area contributed by atoms with Gasteiger partial charge >= 0.3 is 0 Å². The highest BCUT2D eigenvalue weighted by molar-refractivity contribution is 7.09. The summed E-state index contributed by atoms with van der Waals surface area (Å²) in [6, 6.07) is 9.87. The summed E-state index contributed by atoms with van der Waals surface area (Å²) in [4.78, 5) is 1.21. The Morgan fingerprint density at radius 2 is 2.18 bits per heavy atom. The SMILES string of the molecule is Cc1cc(C(C)O)ccc1OCc1cccs1. The van der Waals surface area contributed by atoms with Crippen LogP contribution in [0.2, 0.25) is 0 Å². The molecular weight excluding hydrogens is 232 g/mol. The van der Waals surface area contributed by atoms with Crippen molar-refractivity contribution in [2.75, 3.05) is 0 Å².